The Kier molecular flexibility index (Phi) is 6.38. The third kappa shape index (κ3) is 4.30. The van der Waals surface area contributed by atoms with E-state index in [9.17, 15) is 14.4 Å². The van der Waals surface area contributed by atoms with Crippen molar-refractivity contribution in [3.63, 3.8) is 0 Å². The molecule has 0 atom stereocenters. The largest absolute Gasteiger partial charge is 0.450 e. The lowest BCUT2D eigenvalue weighted by Crippen LogP contribution is -2.52. The van der Waals surface area contributed by atoms with Gasteiger partial charge >= 0.3 is 6.09 Å². The summed E-state index contributed by atoms with van der Waals surface area (Å²) in [6.07, 6.45) is 5.22. The first-order valence-corrected chi connectivity index (χ1v) is 10.1. The van der Waals surface area contributed by atoms with Crippen LogP contribution in [0.3, 0.4) is 0 Å². The molecule has 0 radical (unpaired) electrons. The second-order valence-corrected chi connectivity index (χ2v) is 7.59. The van der Waals surface area contributed by atoms with Gasteiger partial charge in [-0.2, -0.15) is 0 Å². The lowest BCUT2D eigenvalue weighted by Gasteiger charge is -2.37. The molecule has 3 amide bonds. The van der Waals surface area contributed by atoms with Crippen LogP contribution in [0.1, 0.15) is 45.4 Å². The third-order valence-electron chi connectivity index (χ3n) is 5.96. The molecule has 0 spiro atoms. The number of hydrogen-bond donors (Lipinski definition) is 0. The molecule has 0 aromatic rings. The molecule has 0 N–H and O–H groups in total. The fourth-order valence-corrected chi connectivity index (χ4v) is 4.37. The molecular formula is C19H31N3O4. The highest BCUT2D eigenvalue weighted by atomic mass is 16.6. The van der Waals surface area contributed by atoms with Crippen LogP contribution in [0.5, 0.6) is 0 Å². The van der Waals surface area contributed by atoms with Gasteiger partial charge < -0.3 is 19.4 Å². The van der Waals surface area contributed by atoms with Gasteiger partial charge in [-0.05, 0) is 45.4 Å². The molecule has 0 bridgehead atoms. The summed E-state index contributed by atoms with van der Waals surface area (Å²) in [4.78, 5) is 42.6. The van der Waals surface area contributed by atoms with Crippen molar-refractivity contribution in [3.05, 3.63) is 0 Å². The molecule has 7 heteroatoms. The fraction of sp³-hybridized carbons (Fsp3) is 0.842. The molecule has 2 saturated heterocycles. The highest BCUT2D eigenvalue weighted by Gasteiger charge is 2.35. The van der Waals surface area contributed by atoms with Gasteiger partial charge in [0.1, 0.15) is 0 Å². The third-order valence-corrected chi connectivity index (χ3v) is 5.96. The van der Waals surface area contributed by atoms with Gasteiger partial charge in [0.15, 0.2) is 0 Å². The highest BCUT2D eigenvalue weighted by molar-refractivity contribution is 5.81. The van der Waals surface area contributed by atoms with Crippen molar-refractivity contribution in [2.45, 2.75) is 45.4 Å². The van der Waals surface area contributed by atoms with Crippen molar-refractivity contribution in [2.75, 3.05) is 45.9 Å². The molecular weight excluding hydrogens is 334 g/mol. The molecule has 3 fully saturated rings. The molecule has 2 aliphatic heterocycles. The second kappa shape index (κ2) is 8.73. The summed E-state index contributed by atoms with van der Waals surface area (Å²) in [5.74, 6) is 0.640. The van der Waals surface area contributed by atoms with E-state index in [2.05, 4.69) is 0 Å². The van der Waals surface area contributed by atoms with E-state index < -0.39 is 0 Å². The molecule has 26 heavy (non-hydrogen) atoms. The zero-order chi connectivity index (χ0) is 18.5. The SMILES string of the molecule is CCOC(=O)N1CCN(C(=O)C2CCC(C(=O)N3CCCC3)CC2)CC1. The average molecular weight is 365 g/mol. The van der Waals surface area contributed by atoms with Crippen LogP contribution in [0.15, 0.2) is 0 Å². The lowest BCUT2D eigenvalue weighted by atomic mass is 9.80. The smallest absolute Gasteiger partial charge is 0.409 e. The van der Waals surface area contributed by atoms with Crippen LogP contribution in [-0.2, 0) is 14.3 Å². The van der Waals surface area contributed by atoms with Crippen molar-refractivity contribution < 1.29 is 19.1 Å². The van der Waals surface area contributed by atoms with E-state index in [0.29, 0.717) is 38.7 Å². The summed E-state index contributed by atoms with van der Waals surface area (Å²) in [6.45, 7) is 6.19. The number of amides is 3. The summed E-state index contributed by atoms with van der Waals surface area (Å²) in [5.41, 5.74) is 0. The van der Waals surface area contributed by atoms with E-state index in [0.717, 1.165) is 51.6 Å². The number of rotatable bonds is 3. The number of piperazine rings is 1. The van der Waals surface area contributed by atoms with Gasteiger partial charge in [-0.15, -0.1) is 0 Å². The molecule has 7 nitrogen and oxygen atoms in total. The van der Waals surface area contributed by atoms with Gasteiger partial charge in [0.2, 0.25) is 11.8 Å². The topological polar surface area (TPSA) is 70.2 Å². The predicted octanol–water partition coefficient (Wildman–Crippen LogP) is 1.72. The number of likely N-dealkylation sites (tertiary alicyclic amines) is 1. The monoisotopic (exact) mass is 365 g/mol. The van der Waals surface area contributed by atoms with E-state index in [-0.39, 0.29) is 23.8 Å². The maximum atomic E-state index is 12.8. The van der Waals surface area contributed by atoms with Crippen LogP contribution in [0.4, 0.5) is 4.79 Å². The van der Waals surface area contributed by atoms with Crippen LogP contribution >= 0.6 is 0 Å². The molecule has 0 unspecified atom stereocenters. The number of hydrogen-bond acceptors (Lipinski definition) is 4. The summed E-state index contributed by atoms with van der Waals surface area (Å²) in [7, 11) is 0. The number of carbonyl (C=O) groups is 3. The van der Waals surface area contributed by atoms with Crippen LogP contribution in [0, 0.1) is 11.8 Å². The minimum Gasteiger partial charge on any atom is -0.450 e. The maximum absolute atomic E-state index is 12.8. The highest BCUT2D eigenvalue weighted by Crippen LogP contribution is 2.32. The van der Waals surface area contributed by atoms with Gasteiger partial charge in [-0.1, -0.05) is 0 Å². The van der Waals surface area contributed by atoms with Crippen LogP contribution in [0.25, 0.3) is 0 Å². The normalized spacial score (nSPS) is 26.7. The van der Waals surface area contributed by atoms with Gasteiger partial charge in [0, 0.05) is 51.1 Å². The molecule has 0 aromatic heterocycles. The minimum absolute atomic E-state index is 0.0340. The van der Waals surface area contributed by atoms with Gasteiger partial charge in [-0.25, -0.2) is 4.79 Å². The zero-order valence-corrected chi connectivity index (χ0v) is 15.8. The summed E-state index contributed by atoms with van der Waals surface area (Å²) >= 11 is 0. The summed E-state index contributed by atoms with van der Waals surface area (Å²) in [5, 5.41) is 0. The molecule has 3 aliphatic rings. The lowest BCUT2D eigenvalue weighted by molar-refractivity contribution is -0.141. The van der Waals surface area contributed by atoms with E-state index in [1.54, 1.807) is 11.8 Å². The van der Waals surface area contributed by atoms with Crippen LogP contribution in [-0.4, -0.2) is 78.5 Å². The minimum atomic E-state index is -0.291. The Labute approximate surface area is 155 Å². The van der Waals surface area contributed by atoms with Crippen molar-refractivity contribution in [3.8, 4) is 0 Å². The Bertz CT molecular complexity index is 517. The predicted molar refractivity (Wildman–Crippen MR) is 96.4 cm³/mol. The van der Waals surface area contributed by atoms with E-state index >= 15 is 0 Å². The first kappa shape index (κ1) is 19.0. The molecule has 3 rings (SSSR count). The summed E-state index contributed by atoms with van der Waals surface area (Å²) in [6, 6.07) is 0. The Morgan fingerprint density at radius 3 is 1.62 bits per heavy atom. The fourth-order valence-electron chi connectivity index (χ4n) is 4.37. The maximum Gasteiger partial charge on any atom is 0.409 e. The molecule has 1 saturated carbocycles. The molecule has 146 valence electrons. The Morgan fingerprint density at radius 2 is 1.15 bits per heavy atom. The molecule has 2 heterocycles. The van der Waals surface area contributed by atoms with Crippen molar-refractivity contribution in [2.24, 2.45) is 11.8 Å². The van der Waals surface area contributed by atoms with Gasteiger partial charge in [-0.3, -0.25) is 9.59 Å². The van der Waals surface area contributed by atoms with Gasteiger partial charge in [0.25, 0.3) is 0 Å². The Morgan fingerprint density at radius 1 is 0.731 bits per heavy atom. The Balaban J connectivity index is 1.42. The Hall–Kier alpha value is -1.79. The van der Waals surface area contributed by atoms with E-state index in [4.69, 9.17) is 4.74 Å². The first-order valence-electron chi connectivity index (χ1n) is 10.1. The number of carbonyl (C=O) groups excluding carboxylic acids is 3. The van der Waals surface area contributed by atoms with Gasteiger partial charge in [0.05, 0.1) is 6.61 Å². The molecule has 1 aliphatic carbocycles. The standard InChI is InChI=1S/C19H31N3O4/c1-2-26-19(25)22-13-11-21(12-14-22)18(24)16-7-5-15(6-8-16)17(23)20-9-3-4-10-20/h15-16H,2-14H2,1H3. The summed E-state index contributed by atoms with van der Waals surface area (Å²) < 4.78 is 5.02. The van der Waals surface area contributed by atoms with E-state index in [1.165, 1.54) is 0 Å². The quantitative estimate of drug-likeness (QED) is 0.763. The van der Waals surface area contributed by atoms with Crippen molar-refractivity contribution in [1.29, 1.82) is 0 Å². The van der Waals surface area contributed by atoms with Crippen molar-refractivity contribution >= 4 is 17.9 Å². The zero-order valence-electron chi connectivity index (χ0n) is 15.8. The number of ether oxygens (including phenoxy) is 1. The second-order valence-electron chi connectivity index (χ2n) is 7.59. The number of nitrogens with zero attached hydrogens (tertiary/aromatic N) is 3. The van der Waals surface area contributed by atoms with Crippen molar-refractivity contribution in [1.82, 2.24) is 14.7 Å². The van der Waals surface area contributed by atoms with Crippen LogP contribution in [0.2, 0.25) is 0 Å². The average Bonchev–Trinajstić information content (AvgIpc) is 3.22. The molecule has 0 aromatic carbocycles. The van der Waals surface area contributed by atoms with Crippen LogP contribution < -0.4 is 0 Å². The first-order chi connectivity index (χ1) is 12.6. The van der Waals surface area contributed by atoms with E-state index in [1.807, 2.05) is 9.80 Å².